The van der Waals surface area contributed by atoms with Gasteiger partial charge < -0.3 is 5.32 Å². The van der Waals surface area contributed by atoms with E-state index in [1.54, 1.807) is 12.3 Å². The molecule has 0 bridgehead atoms. The van der Waals surface area contributed by atoms with Gasteiger partial charge >= 0.3 is 0 Å². The molecule has 0 radical (unpaired) electrons. The Labute approximate surface area is 94.1 Å². The molecule has 1 heterocycles. The Morgan fingerprint density at radius 2 is 2.29 bits per heavy atom. The first-order chi connectivity index (χ1) is 6.58. The molecule has 6 heteroatoms. The monoisotopic (exact) mass is 277 g/mol. The van der Waals surface area contributed by atoms with Crippen molar-refractivity contribution < 1.29 is 4.21 Å². The zero-order chi connectivity index (χ0) is 10.6. The van der Waals surface area contributed by atoms with Crippen LogP contribution in [0.15, 0.2) is 10.7 Å². The highest BCUT2D eigenvalue weighted by atomic mass is 79.9. The molecule has 0 aromatic carbocycles. The molecule has 1 rings (SSSR count). The van der Waals surface area contributed by atoms with E-state index in [0.717, 1.165) is 10.4 Å². The van der Waals surface area contributed by atoms with Crippen LogP contribution in [-0.2, 0) is 10.8 Å². The van der Waals surface area contributed by atoms with E-state index in [1.807, 2.05) is 6.92 Å². The molecule has 1 aromatic rings. The normalized spacial score (nSPS) is 12.5. The Bertz CT molecular complexity index is 325. The summed E-state index contributed by atoms with van der Waals surface area (Å²) in [5.74, 6) is 2.09. The van der Waals surface area contributed by atoms with E-state index in [1.165, 1.54) is 0 Å². The predicted octanol–water partition coefficient (Wildman–Crippen LogP) is 1.34. The van der Waals surface area contributed by atoms with Crippen LogP contribution in [0.2, 0.25) is 0 Å². The van der Waals surface area contributed by atoms with Gasteiger partial charge in [-0.2, -0.15) is 0 Å². The van der Waals surface area contributed by atoms with Crippen LogP contribution in [0.25, 0.3) is 0 Å². The molecule has 1 N–H and O–H groups in total. The van der Waals surface area contributed by atoms with Crippen molar-refractivity contribution in [2.24, 2.45) is 0 Å². The molecule has 0 aliphatic carbocycles. The van der Waals surface area contributed by atoms with Crippen molar-refractivity contribution in [3.8, 4) is 0 Å². The molecule has 14 heavy (non-hydrogen) atoms. The minimum atomic E-state index is -0.768. The van der Waals surface area contributed by atoms with Crippen molar-refractivity contribution >= 4 is 32.5 Å². The third-order valence-electron chi connectivity index (χ3n) is 1.50. The smallest absolute Gasteiger partial charge is 0.130 e. The number of nitrogens with one attached hydrogen (secondary N) is 1. The molecule has 0 aliphatic rings. The summed E-state index contributed by atoms with van der Waals surface area (Å²) in [7, 11) is -0.768. The van der Waals surface area contributed by atoms with Crippen molar-refractivity contribution in [2.45, 2.75) is 6.92 Å². The quantitative estimate of drug-likeness (QED) is 0.844. The average molecular weight is 278 g/mol. The fourth-order valence-electron chi connectivity index (χ4n) is 0.945. The van der Waals surface area contributed by atoms with Crippen molar-refractivity contribution in [3.05, 3.63) is 16.5 Å². The summed E-state index contributed by atoms with van der Waals surface area (Å²) in [6, 6.07) is 1.80. The van der Waals surface area contributed by atoms with Gasteiger partial charge in [-0.15, -0.1) is 0 Å². The molecule has 0 amide bonds. The summed E-state index contributed by atoms with van der Waals surface area (Å²) in [6.45, 7) is 2.49. The number of halogens is 1. The number of anilines is 1. The topological polar surface area (TPSA) is 54.9 Å². The lowest BCUT2D eigenvalue weighted by Crippen LogP contribution is -2.11. The number of nitrogens with zero attached hydrogens (tertiary/aromatic N) is 2. The van der Waals surface area contributed by atoms with Gasteiger partial charge in [0.2, 0.25) is 0 Å². The van der Waals surface area contributed by atoms with Crippen LogP contribution in [0.1, 0.15) is 5.82 Å². The zero-order valence-corrected chi connectivity index (χ0v) is 10.5. The first kappa shape index (κ1) is 11.6. The van der Waals surface area contributed by atoms with Gasteiger partial charge in [-0.25, -0.2) is 9.97 Å². The fraction of sp³-hybridized carbons (Fsp3) is 0.500. The first-order valence-electron chi connectivity index (χ1n) is 4.13. The lowest BCUT2D eigenvalue weighted by Gasteiger charge is -2.04. The summed E-state index contributed by atoms with van der Waals surface area (Å²) in [6.07, 6.45) is 1.68. The Hall–Kier alpha value is -0.490. The van der Waals surface area contributed by atoms with Gasteiger partial charge in [-0.05, 0) is 22.9 Å². The molecule has 4 nitrogen and oxygen atoms in total. The lowest BCUT2D eigenvalue weighted by molar-refractivity contribution is 0.687. The molecule has 0 saturated heterocycles. The third kappa shape index (κ3) is 4.15. The molecule has 1 unspecified atom stereocenters. The molecule has 0 saturated carbocycles. The summed E-state index contributed by atoms with van der Waals surface area (Å²) >= 11 is 3.28. The minimum Gasteiger partial charge on any atom is -0.369 e. The van der Waals surface area contributed by atoms with Crippen LogP contribution < -0.4 is 5.32 Å². The zero-order valence-electron chi connectivity index (χ0n) is 8.08. The molecule has 78 valence electrons. The first-order valence-corrected chi connectivity index (χ1v) is 6.65. The molecular weight excluding hydrogens is 266 g/mol. The van der Waals surface area contributed by atoms with Crippen molar-refractivity contribution in [3.63, 3.8) is 0 Å². The second-order valence-corrected chi connectivity index (χ2v) is 5.19. The van der Waals surface area contributed by atoms with E-state index in [4.69, 9.17) is 0 Å². The van der Waals surface area contributed by atoms with Gasteiger partial charge in [0, 0.05) is 35.4 Å². The lowest BCUT2D eigenvalue weighted by atomic mass is 10.5. The summed E-state index contributed by atoms with van der Waals surface area (Å²) in [5, 5.41) is 3.08. The van der Waals surface area contributed by atoms with Crippen LogP contribution in [0, 0.1) is 6.92 Å². The van der Waals surface area contributed by atoms with Crippen LogP contribution in [-0.4, -0.2) is 32.7 Å². The van der Waals surface area contributed by atoms with Crippen LogP contribution in [0.5, 0.6) is 0 Å². The maximum atomic E-state index is 10.8. The second kappa shape index (κ2) is 5.41. The van der Waals surface area contributed by atoms with Gasteiger partial charge in [0.1, 0.15) is 16.2 Å². The molecule has 0 aliphatic heterocycles. The summed E-state index contributed by atoms with van der Waals surface area (Å²) in [4.78, 5) is 8.26. The molecule has 1 aromatic heterocycles. The second-order valence-electron chi connectivity index (χ2n) is 2.83. The van der Waals surface area contributed by atoms with E-state index in [9.17, 15) is 4.21 Å². The van der Waals surface area contributed by atoms with Crippen LogP contribution in [0.4, 0.5) is 5.82 Å². The number of aryl methyl sites for hydroxylation is 1. The van der Waals surface area contributed by atoms with E-state index in [0.29, 0.717) is 18.1 Å². The van der Waals surface area contributed by atoms with Gasteiger partial charge in [0.25, 0.3) is 0 Å². The molecule has 0 spiro atoms. The highest BCUT2D eigenvalue weighted by molar-refractivity contribution is 9.10. The van der Waals surface area contributed by atoms with Gasteiger partial charge in [-0.3, -0.25) is 4.21 Å². The third-order valence-corrected chi connectivity index (χ3v) is 2.69. The Morgan fingerprint density at radius 1 is 1.57 bits per heavy atom. The van der Waals surface area contributed by atoms with E-state index in [2.05, 4.69) is 31.2 Å². The van der Waals surface area contributed by atoms with Crippen LogP contribution >= 0.6 is 15.9 Å². The average Bonchev–Trinajstić information content (AvgIpc) is 2.01. The maximum absolute atomic E-state index is 10.8. The summed E-state index contributed by atoms with van der Waals surface area (Å²) < 4.78 is 11.6. The van der Waals surface area contributed by atoms with Gasteiger partial charge in [-0.1, -0.05) is 0 Å². The van der Waals surface area contributed by atoms with E-state index in [-0.39, 0.29) is 0 Å². The standard InChI is InChI=1S/C8H12BrN3OS/c1-6-11-7(9)5-8(12-6)10-3-4-14(2)13/h5H,3-4H2,1-2H3,(H,10,11,12). The van der Waals surface area contributed by atoms with Crippen LogP contribution in [0.3, 0.4) is 0 Å². The SMILES string of the molecule is Cc1nc(Br)cc(NCCS(C)=O)n1. The van der Waals surface area contributed by atoms with Crippen molar-refractivity contribution in [2.75, 3.05) is 23.9 Å². The predicted molar refractivity (Wildman–Crippen MR) is 61.9 cm³/mol. The number of rotatable bonds is 4. The minimum absolute atomic E-state index is 0.626. The largest absolute Gasteiger partial charge is 0.369 e. The molecule has 1 atom stereocenters. The fourth-order valence-corrected chi connectivity index (χ4v) is 1.81. The highest BCUT2D eigenvalue weighted by Crippen LogP contribution is 2.11. The number of hydrogen-bond donors (Lipinski definition) is 1. The van der Waals surface area contributed by atoms with Gasteiger partial charge in [0.15, 0.2) is 0 Å². The Kier molecular flexibility index (Phi) is 4.47. The molecular formula is C8H12BrN3OS. The Morgan fingerprint density at radius 3 is 2.86 bits per heavy atom. The molecule has 0 fully saturated rings. The highest BCUT2D eigenvalue weighted by Gasteiger charge is 1.99. The van der Waals surface area contributed by atoms with Crippen molar-refractivity contribution in [1.82, 2.24) is 9.97 Å². The Balaban J connectivity index is 2.54. The van der Waals surface area contributed by atoms with Crippen molar-refractivity contribution in [1.29, 1.82) is 0 Å². The maximum Gasteiger partial charge on any atom is 0.130 e. The number of aromatic nitrogens is 2. The van der Waals surface area contributed by atoms with E-state index >= 15 is 0 Å². The van der Waals surface area contributed by atoms with E-state index < -0.39 is 10.8 Å². The number of hydrogen-bond acceptors (Lipinski definition) is 4. The van der Waals surface area contributed by atoms with Gasteiger partial charge in [0.05, 0.1) is 0 Å². The summed E-state index contributed by atoms with van der Waals surface area (Å²) in [5.41, 5.74) is 0.